The number of aryl methyl sites for hydroxylation is 1. The van der Waals surface area contributed by atoms with Crippen molar-refractivity contribution in [1.82, 2.24) is 4.57 Å². The van der Waals surface area contributed by atoms with Gasteiger partial charge in [-0.05, 0) is 37.6 Å². The van der Waals surface area contributed by atoms with Crippen LogP contribution in [0.2, 0.25) is 0 Å². The number of hydrogen-bond donors (Lipinski definition) is 3. The Balaban J connectivity index is 1.87. The molecule has 6 nitrogen and oxygen atoms in total. The standard InChI is InChI=1S/C21H25N3O3/c1-3-5-12-27-21(26)23-15-8-6-14(7-9-15)20-19(22)17-11-10-16(25)13-18(17)24(20)4-2/h6-11,13,25H,3-5,12,22H2,1-2H3,(H,23,26). The van der Waals surface area contributed by atoms with E-state index in [2.05, 4.69) is 9.88 Å². The maximum absolute atomic E-state index is 11.8. The molecular formula is C21H25N3O3. The van der Waals surface area contributed by atoms with Crippen LogP contribution in [0.15, 0.2) is 42.5 Å². The molecule has 3 rings (SSSR count). The van der Waals surface area contributed by atoms with Gasteiger partial charge in [0.2, 0.25) is 0 Å². The number of carbonyl (C=O) groups is 1. The smallest absolute Gasteiger partial charge is 0.411 e. The molecule has 1 aromatic heterocycles. The Hall–Kier alpha value is -3.15. The van der Waals surface area contributed by atoms with Crippen molar-refractivity contribution < 1.29 is 14.6 Å². The number of phenolic OH excluding ortho intramolecular Hbond substituents is 1. The van der Waals surface area contributed by atoms with Gasteiger partial charge in [0.15, 0.2) is 0 Å². The lowest BCUT2D eigenvalue weighted by molar-refractivity contribution is 0.160. The highest BCUT2D eigenvalue weighted by molar-refractivity contribution is 6.01. The van der Waals surface area contributed by atoms with E-state index in [1.807, 2.05) is 44.2 Å². The van der Waals surface area contributed by atoms with Crippen LogP contribution >= 0.6 is 0 Å². The number of benzene rings is 2. The molecule has 0 spiro atoms. The van der Waals surface area contributed by atoms with E-state index in [0.29, 0.717) is 18.0 Å². The molecule has 0 aliphatic heterocycles. The average Bonchev–Trinajstić information content (AvgIpc) is 2.93. The van der Waals surface area contributed by atoms with E-state index in [9.17, 15) is 9.90 Å². The number of hydrogen-bond acceptors (Lipinski definition) is 4. The van der Waals surface area contributed by atoms with Gasteiger partial charge in [0.1, 0.15) is 5.75 Å². The SMILES string of the molecule is CCCCOC(=O)Nc1ccc(-c2c(N)c3ccc(O)cc3n2CC)cc1. The van der Waals surface area contributed by atoms with Gasteiger partial charge >= 0.3 is 6.09 Å². The Bertz CT molecular complexity index is 945. The Kier molecular flexibility index (Phi) is 5.54. The number of rotatable bonds is 6. The number of nitrogens with zero attached hydrogens (tertiary/aromatic N) is 1. The van der Waals surface area contributed by atoms with E-state index < -0.39 is 6.09 Å². The first-order valence-electron chi connectivity index (χ1n) is 9.20. The van der Waals surface area contributed by atoms with Crippen molar-refractivity contribution in [1.29, 1.82) is 0 Å². The molecule has 0 aliphatic rings. The van der Waals surface area contributed by atoms with Gasteiger partial charge in [-0.2, -0.15) is 0 Å². The first-order valence-corrected chi connectivity index (χ1v) is 9.20. The highest BCUT2D eigenvalue weighted by Gasteiger charge is 2.16. The van der Waals surface area contributed by atoms with Crippen LogP contribution in [0.4, 0.5) is 16.2 Å². The summed E-state index contributed by atoms with van der Waals surface area (Å²) >= 11 is 0. The number of ether oxygens (including phenoxy) is 1. The van der Waals surface area contributed by atoms with Crippen LogP contribution in [0, 0.1) is 0 Å². The lowest BCUT2D eigenvalue weighted by Gasteiger charge is -2.11. The third-order valence-corrected chi connectivity index (χ3v) is 4.54. The summed E-state index contributed by atoms with van der Waals surface area (Å²) in [5.74, 6) is 0.211. The predicted molar refractivity (Wildman–Crippen MR) is 109 cm³/mol. The second-order valence-corrected chi connectivity index (χ2v) is 6.40. The molecule has 0 atom stereocenters. The molecule has 0 bridgehead atoms. The van der Waals surface area contributed by atoms with Crippen LogP contribution in [0.5, 0.6) is 5.75 Å². The van der Waals surface area contributed by atoms with Crippen molar-refractivity contribution in [3.8, 4) is 17.0 Å². The van der Waals surface area contributed by atoms with Crippen molar-refractivity contribution in [2.75, 3.05) is 17.7 Å². The van der Waals surface area contributed by atoms with Gasteiger partial charge in [0.25, 0.3) is 0 Å². The zero-order valence-corrected chi connectivity index (χ0v) is 15.7. The van der Waals surface area contributed by atoms with Crippen LogP contribution in [0.1, 0.15) is 26.7 Å². The zero-order valence-electron chi connectivity index (χ0n) is 15.7. The van der Waals surface area contributed by atoms with Crippen LogP contribution in [-0.2, 0) is 11.3 Å². The molecule has 0 unspecified atom stereocenters. The first-order chi connectivity index (χ1) is 13.0. The summed E-state index contributed by atoms with van der Waals surface area (Å²) in [6, 6.07) is 12.7. The fourth-order valence-corrected chi connectivity index (χ4v) is 3.18. The summed E-state index contributed by atoms with van der Waals surface area (Å²) in [5, 5.41) is 13.4. The Morgan fingerprint density at radius 2 is 1.93 bits per heavy atom. The van der Waals surface area contributed by atoms with E-state index in [4.69, 9.17) is 10.5 Å². The molecule has 3 aromatic rings. The number of carbonyl (C=O) groups excluding carboxylic acids is 1. The highest BCUT2D eigenvalue weighted by atomic mass is 16.5. The second kappa shape index (κ2) is 8.03. The largest absolute Gasteiger partial charge is 0.508 e. The van der Waals surface area contributed by atoms with E-state index in [-0.39, 0.29) is 5.75 Å². The number of aromatic nitrogens is 1. The van der Waals surface area contributed by atoms with E-state index >= 15 is 0 Å². The lowest BCUT2D eigenvalue weighted by Crippen LogP contribution is -2.14. The minimum absolute atomic E-state index is 0.211. The van der Waals surface area contributed by atoms with E-state index in [0.717, 1.165) is 41.5 Å². The third-order valence-electron chi connectivity index (χ3n) is 4.54. The topological polar surface area (TPSA) is 89.5 Å². The van der Waals surface area contributed by atoms with Crippen LogP contribution in [0.3, 0.4) is 0 Å². The minimum atomic E-state index is -0.450. The molecule has 4 N–H and O–H groups in total. The van der Waals surface area contributed by atoms with Crippen molar-refractivity contribution in [3.05, 3.63) is 42.5 Å². The summed E-state index contributed by atoms with van der Waals surface area (Å²) in [5.41, 5.74) is 10.5. The number of nitrogens with two attached hydrogens (primary N) is 1. The fraction of sp³-hybridized carbons (Fsp3) is 0.286. The molecule has 0 fully saturated rings. The minimum Gasteiger partial charge on any atom is -0.508 e. The summed E-state index contributed by atoms with van der Waals surface area (Å²) in [6.45, 7) is 5.22. The normalized spacial score (nSPS) is 10.9. The van der Waals surface area contributed by atoms with Gasteiger partial charge in [-0.15, -0.1) is 0 Å². The number of fused-ring (bicyclic) bond motifs is 1. The zero-order chi connectivity index (χ0) is 19.4. The molecule has 27 heavy (non-hydrogen) atoms. The van der Waals surface area contributed by atoms with Crippen LogP contribution in [0.25, 0.3) is 22.2 Å². The maximum Gasteiger partial charge on any atom is 0.411 e. The lowest BCUT2D eigenvalue weighted by atomic mass is 10.1. The molecule has 0 saturated carbocycles. The van der Waals surface area contributed by atoms with Gasteiger partial charge in [-0.25, -0.2) is 4.79 Å². The van der Waals surface area contributed by atoms with Crippen molar-refractivity contribution in [3.63, 3.8) is 0 Å². The highest BCUT2D eigenvalue weighted by Crippen LogP contribution is 2.37. The monoisotopic (exact) mass is 367 g/mol. The van der Waals surface area contributed by atoms with E-state index in [1.54, 1.807) is 12.1 Å². The molecule has 0 saturated heterocycles. The van der Waals surface area contributed by atoms with Gasteiger partial charge in [0, 0.05) is 29.2 Å². The molecule has 1 heterocycles. The third kappa shape index (κ3) is 3.84. The Labute approximate surface area is 158 Å². The Morgan fingerprint density at radius 1 is 1.19 bits per heavy atom. The number of nitrogen functional groups attached to an aromatic ring is 1. The number of unbranched alkanes of at least 4 members (excludes halogenated alkanes) is 1. The maximum atomic E-state index is 11.8. The molecule has 2 aromatic carbocycles. The Morgan fingerprint density at radius 3 is 2.59 bits per heavy atom. The predicted octanol–water partition coefficient (Wildman–Crippen LogP) is 4.96. The molecule has 0 aliphatic carbocycles. The summed E-state index contributed by atoms with van der Waals surface area (Å²) < 4.78 is 7.19. The average molecular weight is 367 g/mol. The van der Waals surface area contributed by atoms with Crippen molar-refractivity contribution in [2.24, 2.45) is 0 Å². The number of anilines is 2. The van der Waals surface area contributed by atoms with Gasteiger partial charge < -0.3 is 20.1 Å². The van der Waals surface area contributed by atoms with E-state index in [1.165, 1.54) is 0 Å². The molecule has 1 amide bonds. The molecular weight excluding hydrogens is 342 g/mol. The summed E-state index contributed by atoms with van der Waals surface area (Å²) in [6.07, 6.45) is 1.38. The first kappa shape index (κ1) is 18.6. The van der Waals surface area contributed by atoms with Crippen molar-refractivity contribution in [2.45, 2.75) is 33.2 Å². The van der Waals surface area contributed by atoms with Crippen LogP contribution < -0.4 is 11.1 Å². The quantitative estimate of drug-likeness (QED) is 0.537. The summed E-state index contributed by atoms with van der Waals surface area (Å²) in [7, 11) is 0. The number of phenols is 1. The molecule has 0 radical (unpaired) electrons. The van der Waals surface area contributed by atoms with Gasteiger partial charge in [-0.3, -0.25) is 5.32 Å². The second-order valence-electron chi connectivity index (χ2n) is 6.40. The number of aromatic hydroxyl groups is 1. The number of amides is 1. The van der Waals surface area contributed by atoms with Gasteiger partial charge in [0.05, 0.1) is 23.5 Å². The fourth-order valence-electron chi connectivity index (χ4n) is 3.18. The van der Waals surface area contributed by atoms with Gasteiger partial charge in [-0.1, -0.05) is 25.5 Å². The molecule has 6 heteroatoms. The summed E-state index contributed by atoms with van der Waals surface area (Å²) in [4.78, 5) is 11.8. The molecule has 142 valence electrons. The number of nitrogens with one attached hydrogen (secondary N) is 1. The van der Waals surface area contributed by atoms with Crippen molar-refractivity contribution >= 4 is 28.4 Å². The van der Waals surface area contributed by atoms with Crippen LogP contribution in [-0.4, -0.2) is 22.4 Å².